The average molecular weight is 340 g/mol. The highest BCUT2D eigenvalue weighted by Gasteiger charge is 2.27. The largest absolute Gasteiger partial charge is 0.489 e. The van der Waals surface area contributed by atoms with Gasteiger partial charge in [0.25, 0.3) is 0 Å². The number of ether oxygens (including phenoxy) is 1. The Morgan fingerprint density at radius 2 is 1.87 bits per heavy atom. The van der Waals surface area contributed by atoms with Crippen molar-refractivity contribution in [2.24, 2.45) is 0 Å². The van der Waals surface area contributed by atoms with Gasteiger partial charge in [-0.15, -0.1) is 0 Å². The molecule has 0 bridgehead atoms. The molecular weight excluding hydrogens is 316 g/mol. The number of para-hydroxylation sites is 2. The van der Waals surface area contributed by atoms with E-state index in [2.05, 4.69) is 0 Å². The number of hydrogen-bond acceptors (Lipinski definition) is 4. The highest BCUT2D eigenvalue weighted by atomic mass is 32.2. The Morgan fingerprint density at radius 3 is 2.43 bits per heavy atom. The molecule has 0 N–H and O–H groups in total. The first-order valence-electron chi connectivity index (χ1n) is 7.80. The van der Waals surface area contributed by atoms with Gasteiger partial charge in [-0.3, -0.25) is 9.10 Å². The van der Waals surface area contributed by atoms with Gasteiger partial charge < -0.3 is 9.64 Å². The molecular formula is C16H24N2O4S. The molecule has 2 rings (SSSR count). The second kappa shape index (κ2) is 7.21. The smallest absolute Gasteiger partial charge is 0.243 e. The molecule has 0 saturated carbocycles. The number of hydrogen-bond donors (Lipinski definition) is 0. The maximum Gasteiger partial charge on any atom is 0.243 e. The van der Waals surface area contributed by atoms with Gasteiger partial charge in [-0.1, -0.05) is 12.1 Å². The third kappa shape index (κ3) is 4.60. The Kier molecular flexibility index (Phi) is 5.51. The highest BCUT2D eigenvalue weighted by Crippen LogP contribution is 2.30. The van der Waals surface area contributed by atoms with E-state index in [-0.39, 0.29) is 18.6 Å². The number of anilines is 1. The van der Waals surface area contributed by atoms with E-state index in [1.165, 1.54) is 0 Å². The highest BCUT2D eigenvalue weighted by molar-refractivity contribution is 7.92. The fraction of sp³-hybridized carbons (Fsp3) is 0.562. The first-order chi connectivity index (χ1) is 10.8. The molecule has 1 saturated heterocycles. The van der Waals surface area contributed by atoms with Crippen LogP contribution in [0, 0.1) is 0 Å². The van der Waals surface area contributed by atoms with Crippen molar-refractivity contribution in [2.45, 2.75) is 32.8 Å². The molecule has 1 aliphatic heterocycles. The van der Waals surface area contributed by atoms with Crippen LogP contribution in [0.3, 0.4) is 0 Å². The zero-order valence-electron chi connectivity index (χ0n) is 13.9. The van der Waals surface area contributed by atoms with Crippen molar-refractivity contribution in [3.05, 3.63) is 24.3 Å². The number of carbonyl (C=O) groups excluding carboxylic acids is 1. The molecule has 0 aliphatic carbocycles. The van der Waals surface area contributed by atoms with Gasteiger partial charge >= 0.3 is 0 Å². The van der Waals surface area contributed by atoms with E-state index in [0.29, 0.717) is 24.5 Å². The summed E-state index contributed by atoms with van der Waals surface area (Å²) in [7, 11) is -3.60. The molecule has 6 nitrogen and oxygen atoms in total. The van der Waals surface area contributed by atoms with Crippen LogP contribution in [0.2, 0.25) is 0 Å². The first kappa shape index (κ1) is 17.6. The second-order valence-corrected chi connectivity index (χ2v) is 7.90. The maximum absolute atomic E-state index is 12.4. The van der Waals surface area contributed by atoms with Crippen LogP contribution in [0.4, 0.5) is 5.69 Å². The van der Waals surface area contributed by atoms with Crippen LogP contribution < -0.4 is 9.04 Å². The van der Waals surface area contributed by atoms with Crippen LogP contribution in [-0.4, -0.2) is 51.2 Å². The lowest BCUT2D eigenvalue weighted by Crippen LogP contribution is -2.41. The predicted octanol–water partition coefficient (Wildman–Crippen LogP) is 1.86. The average Bonchev–Trinajstić information content (AvgIpc) is 2.98. The molecule has 1 amide bonds. The minimum atomic E-state index is -3.60. The van der Waals surface area contributed by atoms with Crippen LogP contribution in [0.5, 0.6) is 5.75 Å². The quantitative estimate of drug-likeness (QED) is 0.793. The van der Waals surface area contributed by atoms with Gasteiger partial charge in [-0.05, 0) is 38.8 Å². The Labute approximate surface area is 138 Å². The van der Waals surface area contributed by atoms with Crippen LogP contribution in [0.1, 0.15) is 26.7 Å². The fourth-order valence-electron chi connectivity index (χ4n) is 2.59. The van der Waals surface area contributed by atoms with Crippen molar-refractivity contribution in [2.75, 3.05) is 30.2 Å². The Bertz CT molecular complexity index is 652. The Balaban J connectivity index is 2.30. The number of benzene rings is 1. The zero-order chi connectivity index (χ0) is 17.0. The van der Waals surface area contributed by atoms with Gasteiger partial charge in [0.15, 0.2) is 0 Å². The van der Waals surface area contributed by atoms with Crippen molar-refractivity contribution in [3.8, 4) is 5.75 Å². The molecule has 0 atom stereocenters. The molecule has 1 heterocycles. The third-order valence-corrected chi connectivity index (χ3v) is 4.76. The number of carbonyl (C=O) groups is 1. The Morgan fingerprint density at radius 1 is 1.26 bits per heavy atom. The van der Waals surface area contributed by atoms with E-state index in [0.717, 1.165) is 23.4 Å². The summed E-state index contributed by atoms with van der Waals surface area (Å²) in [6.07, 6.45) is 2.96. The monoisotopic (exact) mass is 340 g/mol. The zero-order valence-corrected chi connectivity index (χ0v) is 14.7. The molecule has 0 aromatic heterocycles. The van der Waals surface area contributed by atoms with E-state index < -0.39 is 10.0 Å². The molecule has 0 spiro atoms. The van der Waals surface area contributed by atoms with Crippen molar-refractivity contribution in [1.29, 1.82) is 0 Å². The topological polar surface area (TPSA) is 66.9 Å². The van der Waals surface area contributed by atoms with Crippen molar-refractivity contribution < 1.29 is 17.9 Å². The van der Waals surface area contributed by atoms with E-state index in [1.54, 1.807) is 29.2 Å². The molecule has 0 radical (unpaired) electrons. The summed E-state index contributed by atoms with van der Waals surface area (Å²) < 4.78 is 31.3. The lowest BCUT2D eigenvalue weighted by molar-refractivity contribution is -0.128. The minimum Gasteiger partial charge on any atom is -0.489 e. The van der Waals surface area contributed by atoms with Gasteiger partial charge in [-0.25, -0.2) is 8.42 Å². The van der Waals surface area contributed by atoms with E-state index >= 15 is 0 Å². The van der Waals surface area contributed by atoms with Crippen molar-refractivity contribution in [3.63, 3.8) is 0 Å². The van der Waals surface area contributed by atoms with Gasteiger partial charge in [0.1, 0.15) is 12.3 Å². The number of nitrogens with zero attached hydrogens (tertiary/aromatic N) is 2. The van der Waals surface area contributed by atoms with E-state index in [4.69, 9.17) is 4.74 Å². The number of amides is 1. The lowest BCUT2D eigenvalue weighted by Gasteiger charge is -2.27. The minimum absolute atomic E-state index is 0.0909. The SMILES string of the molecule is CC(C)Oc1ccccc1N(CC(=O)N1CCCC1)S(C)(=O)=O. The summed E-state index contributed by atoms with van der Waals surface area (Å²) in [5.74, 6) is 0.287. The predicted molar refractivity (Wildman–Crippen MR) is 90.2 cm³/mol. The van der Waals surface area contributed by atoms with Gasteiger partial charge in [-0.2, -0.15) is 0 Å². The van der Waals surface area contributed by atoms with Crippen LogP contribution in [0.25, 0.3) is 0 Å². The van der Waals surface area contributed by atoms with E-state index in [9.17, 15) is 13.2 Å². The summed E-state index contributed by atoms with van der Waals surface area (Å²) in [6, 6.07) is 6.90. The molecule has 0 unspecified atom stereocenters. The molecule has 23 heavy (non-hydrogen) atoms. The Hall–Kier alpha value is -1.76. The van der Waals surface area contributed by atoms with Crippen molar-refractivity contribution in [1.82, 2.24) is 4.90 Å². The van der Waals surface area contributed by atoms with Crippen LogP contribution in [0.15, 0.2) is 24.3 Å². The van der Waals surface area contributed by atoms with Crippen LogP contribution in [-0.2, 0) is 14.8 Å². The third-order valence-electron chi connectivity index (χ3n) is 3.63. The summed E-state index contributed by atoms with van der Waals surface area (Å²) in [4.78, 5) is 14.1. The summed E-state index contributed by atoms with van der Waals surface area (Å²) in [5, 5.41) is 0. The normalized spacial score (nSPS) is 15.0. The second-order valence-electron chi connectivity index (χ2n) is 5.99. The number of rotatable bonds is 6. The first-order valence-corrected chi connectivity index (χ1v) is 9.65. The fourth-order valence-corrected chi connectivity index (χ4v) is 3.44. The standard InChI is InChI=1S/C16H24N2O4S/c1-13(2)22-15-9-5-4-8-14(15)18(23(3,20)21)12-16(19)17-10-6-7-11-17/h4-5,8-9,13H,6-7,10-12H2,1-3H3. The number of likely N-dealkylation sites (tertiary alicyclic amines) is 1. The van der Waals surface area contributed by atoms with Gasteiger partial charge in [0.05, 0.1) is 18.0 Å². The summed E-state index contributed by atoms with van der Waals surface area (Å²) in [6.45, 7) is 4.94. The summed E-state index contributed by atoms with van der Waals surface area (Å²) >= 11 is 0. The number of sulfonamides is 1. The molecule has 128 valence electrons. The van der Waals surface area contributed by atoms with Gasteiger partial charge in [0.2, 0.25) is 15.9 Å². The maximum atomic E-state index is 12.4. The molecule has 1 fully saturated rings. The molecule has 7 heteroatoms. The van der Waals surface area contributed by atoms with Crippen LogP contribution >= 0.6 is 0 Å². The molecule has 1 aromatic carbocycles. The van der Waals surface area contributed by atoms with Gasteiger partial charge in [0, 0.05) is 13.1 Å². The van der Waals surface area contributed by atoms with E-state index in [1.807, 2.05) is 13.8 Å². The lowest BCUT2D eigenvalue weighted by atomic mass is 10.3. The molecule has 1 aliphatic rings. The molecule has 1 aromatic rings. The summed E-state index contributed by atoms with van der Waals surface area (Å²) in [5.41, 5.74) is 0.399. The van der Waals surface area contributed by atoms with Crippen molar-refractivity contribution >= 4 is 21.6 Å².